The van der Waals surface area contributed by atoms with Crippen LogP contribution in [0.5, 0.6) is 0 Å². The molecule has 0 aliphatic carbocycles. The SMILES string of the molecule is Cc1ccc(C(=O)COC(=O)c2cc(-c3ccc(Br)cc3)nc3ccccc23)cc1C. The van der Waals surface area contributed by atoms with Crippen molar-refractivity contribution in [1.82, 2.24) is 4.98 Å². The van der Waals surface area contributed by atoms with Gasteiger partial charge in [0, 0.05) is 21.0 Å². The van der Waals surface area contributed by atoms with E-state index in [1.807, 2.05) is 74.5 Å². The first-order chi connectivity index (χ1) is 14.9. The van der Waals surface area contributed by atoms with Crippen molar-refractivity contribution < 1.29 is 14.3 Å². The number of nitrogens with zero attached hydrogens (tertiary/aromatic N) is 1. The highest BCUT2D eigenvalue weighted by Gasteiger charge is 2.17. The predicted octanol–water partition coefficient (Wildman–Crippen LogP) is 6.32. The van der Waals surface area contributed by atoms with Crippen LogP contribution in [0.15, 0.2) is 77.3 Å². The van der Waals surface area contributed by atoms with Crippen LogP contribution in [0.2, 0.25) is 0 Å². The molecule has 0 spiro atoms. The summed E-state index contributed by atoms with van der Waals surface area (Å²) in [5, 5.41) is 0.687. The monoisotopic (exact) mass is 473 g/mol. The van der Waals surface area contributed by atoms with Gasteiger partial charge in [-0.3, -0.25) is 4.79 Å². The molecule has 0 aliphatic rings. The van der Waals surface area contributed by atoms with Crippen LogP contribution in [0, 0.1) is 13.8 Å². The summed E-state index contributed by atoms with van der Waals surface area (Å²) < 4.78 is 6.37. The van der Waals surface area contributed by atoms with E-state index in [2.05, 4.69) is 20.9 Å². The Bertz CT molecular complexity index is 1300. The summed E-state index contributed by atoms with van der Waals surface area (Å²) in [6.45, 7) is 3.62. The van der Waals surface area contributed by atoms with Crippen molar-refractivity contribution in [2.75, 3.05) is 6.61 Å². The molecule has 31 heavy (non-hydrogen) atoms. The molecule has 0 amide bonds. The van der Waals surface area contributed by atoms with Gasteiger partial charge in [0.15, 0.2) is 12.4 Å². The third kappa shape index (κ3) is 4.57. The Morgan fingerprint density at radius 3 is 2.39 bits per heavy atom. The highest BCUT2D eigenvalue weighted by molar-refractivity contribution is 9.10. The number of carbonyl (C=O) groups is 2. The molecular weight excluding hydrogens is 454 g/mol. The number of hydrogen-bond acceptors (Lipinski definition) is 4. The van der Waals surface area contributed by atoms with Crippen molar-refractivity contribution in [3.05, 3.63) is 99.5 Å². The van der Waals surface area contributed by atoms with E-state index in [9.17, 15) is 9.59 Å². The molecule has 1 aromatic heterocycles. The molecule has 0 bridgehead atoms. The predicted molar refractivity (Wildman–Crippen MR) is 125 cm³/mol. The van der Waals surface area contributed by atoms with Crippen LogP contribution in [0.1, 0.15) is 31.8 Å². The zero-order valence-corrected chi connectivity index (χ0v) is 18.8. The van der Waals surface area contributed by atoms with E-state index < -0.39 is 5.97 Å². The fraction of sp³-hybridized carbons (Fsp3) is 0.115. The van der Waals surface area contributed by atoms with E-state index >= 15 is 0 Å². The minimum Gasteiger partial charge on any atom is -0.454 e. The Hall–Kier alpha value is -3.31. The third-order valence-electron chi connectivity index (χ3n) is 5.24. The second-order valence-corrected chi connectivity index (χ2v) is 8.29. The lowest BCUT2D eigenvalue weighted by molar-refractivity contribution is 0.0476. The number of ketones is 1. The Kier molecular flexibility index (Phi) is 5.96. The van der Waals surface area contributed by atoms with Crippen LogP contribution in [-0.4, -0.2) is 23.3 Å². The number of aromatic nitrogens is 1. The van der Waals surface area contributed by atoms with Gasteiger partial charge in [-0.05, 0) is 55.3 Å². The molecule has 0 saturated heterocycles. The van der Waals surface area contributed by atoms with Crippen molar-refractivity contribution in [1.29, 1.82) is 0 Å². The van der Waals surface area contributed by atoms with E-state index in [1.165, 1.54) is 0 Å². The van der Waals surface area contributed by atoms with Gasteiger partial charge in [0.2, 0.25) is 0 Å². The van der Waals surface area contributed by atoms with Crippen LogP contribution < -0.4 is 0 Å². The van der Waals surface area contributed by atoms with Crippen LogP contribution in [0.3, 0.4) is 0 Å². The van der Waals surface area contributed by atoms with E-state index in [4.69, 9.17) is 4.74 Å². The van der Waals surface area contributed by atoms with E-state index in [0.717, 1.165) is 21.2 Å². The minimum absolute atomic E-state index is 0.233. The minimum atomic E-state index is -0.547. The summed E-state index contributed by atoms with van der Waals surface area (Å²) in [7, 11) is 0. The number of pyridine rings is 1. The van der Waals surface area contributed by atoms with Crippen molar-refractivity contribution in [3.8, 4) is 11.3 Å². The van der Waals surface area contributed by atoms with Gasteiger partial charge in [0.1, 0.15) is 0 Å². The molecular formula is C26H20BrNO3. The zero-order valence-electron chi connectivity index (χ0n) is 17.2. The summed E-state index contributed by atoms with van der Waals surface area (Å²) in [5.41, 5.74) is 5.29. The molecule has 154 valence electrons. The Balaban J connectivity index is 1.63. The maximum absolute atomic E-state index is 12.9. The number of benzene rings is 3. The highest BCUT2D eigenvalue weighted by Crippen LogP contribution is 2.26. The molecule has 4 rings (SSSR count). The quantitative estimate of drug-likeness (QED) is 0.251. The lowest BCUT2D eigenvalue weighted by Crippen LogP contribution is -2.15. The first-order valence-electron chi connectivity index (χ1n) is 9.85. The molecule has 3 aromatic carbocycles. The Morgan fingerprint density at radius 1 is 0.903 bits per heavy atom. The first-order valence-corrected chi connectivity index (χ1v) is 10.6. The molecule has 0 atom stereocenters. The van der Waals surface area contributed by atoms with Gasteiger partial charge in [-0.15, -0.1) is 0 Å². The topological polar surface area (TPSA) is 56.3 Å². The summed E-state index contributed by atoms with van der Waals surface area (Å²) in [5.74, 6) is -0.780. The molecule has 5 heteroatoms. The number of halogens is 1. The van der Waals surface area contributed by atoms with Gasteiger partial charge in [-0.2, -0.15) is 0 Å². The summed E-state index contributed by atoms with van der Waals surface area (Å²) in [4.78, 5) is 30.2. The van der Waals surface area contributed by atoms with E-state index in [0.29, 0.717) is 27.7 Å². The molecule has 1 heterocycles. The van der Waals surface area contributed by atoms with Gasteiger partial charge in [-0.25, -0.2) is 9.78 Å². The molecule has 0 N–H and O–H groups in total. The zero-order chi connectivity index (χ0) is 22.0. The maximum atomic E-state index is 12.9. The van der Waals surface area contributed by atoms with Gasteiger partial charge < -0.3 is 4.74 Å². The standard InChI is InChI=1S/C26H20BrNO3/c1-16-7-8-19(13-17(16)2)25(29)15-31-26(30)22-14-24(18-9-11-20(27)12-10-18)28-23-6-4-3-5-21(22)23/h3-14H,15H2,1-2H3. The first kappa shape index (κ1) is 20.9. The van der Waals surface area contributed by atoms with Crippen LogP contribution in [0.4, 0.5) is 0 Å². The smallest absolute Gasteiger partial charge is 0.339 e. The van der Waals surface area contributed by atoms with Crippen LogP contribution in [0.25, 0.3) is 22.2 Å². The fourth-order valence-corrected chi connectivity index (χ4v) is 3.58. The third-order valence-corrected chi connectivity index (χ3v) is 5.77. The largest absolute Gasteiger partial charge is 0.454 e. The van der Waals surface area contributed by atoms with Crippen molar-refractivity contribution in [3.63, 3.8) is 0 Å². The van der Waals surface area contributed by atoms with Gasteiger partial charge in [0.25, 0.3) is 0 Å². The average Bonchev–Trinajstić information content (AvgIpc) is 2.78. The van der Waals surface area contributed by atoms with E-state index in [1.54, 1.807) is 12.1 Å². The number of aryl methyl sites for hydroxylation is 2. The van der Waals surface area contributed by atoms with Gasteiger partial charge in [-0.1, -0.05) is 58.4 Å². The Labute approximate surface area is 189 Å². The molecule has 0 saturated carbocycles. The number of Topliss-reactive ketones (excluding diaryl/α,β-unsaturated/α-hetero) is 1. The normalized spacial score (nSPS) is 10.8. The fourth-order valence-electron chi connectivity index (χ4n) is 3.32. The number of rotatable bonds is 5. The molecule has 0 unspecified atom stereocenters. The number of ether oxygens (including phenoxy) is 1. The number of fused-ring (bicyclic) bond motifs is 1. The van der Waals surface area contributed by atoms with Crippen LogP contribution in [-0.2, 0) is 4.74 Å². The second-order valence-electron chi connectivity index (χ2n) is 7.38. The molecule has 4 aromatic rings. The Morgan fingerprint density at radius 2 is 1.65 bits per heavy atom. The van der Waals surface area contributed by atoms with Crippen molar-refractivity contribution in [2.45, 2.75) is 13.8 Å². The maximum Gasteiger partial charge on any atom is 0.339 e. The average molecular weight is 474 g/mol. The molecule has 0 fully saturated rings. The van der Waals surface area contributed by atoms with Gasteiger partial charge in [0.05, 0.1) is 16.8 Å². The van der Waals surface area contributed by atoms with Crippen molar-refractivity contribution >= 4 is 38.6 Å². The lowest BCUT2D eigenvalue weighted by Gasteiger charge is -2.10. The molecule has 0 radical (unpaired) electrons. The van der Waals surface area contributed by atoms with Gasteiger partial charge >= 0.3 is 5.97 Å². The van der Waals surface area contributed by atoms with Crippen LogP contribution >= 0.6 is 15.9 Å². The second kappa shape index (κ2) is 8.82. The summed E-state index contributed by atoms with van der Waals surface area (Å²) in [6.07, 6.45) is 0. The highest BCUT2D eigenvalue weighted by atomic mass is 79.9. The lowest BCUT2D eigenvalue weighted by atomic mass is 10.0. The number of carbonyl (C=O) groups excluding carboxylic acids is 2. The molecule has 4 nitrogen and oxygen atoms in total. The number of para-hydroxylation sites is 1. The van der Waals surface area contributed by atoms with Crippen molar-refractivity contribution in [2.24, 2.45) is 0 Å². The number of hydrogen-bond donors (Lipinski definition) is 0. The van der Waals surface area contributed by atoms with E-state index in [-0.39, 0.29) is 12.4 Å². The molecule has 0 aliphatic heterocycles. The summed E-state index contributed by atoms with van der Waals surface area (Å²) in [6, 6.07) is 22.3. The number of esters is 1. The summed E-state index contributed by atoms with van der Waals surface area (Å²) >= 11 is 3.43.